The van der Waals surface area contributed by atoms with E-state index in [1.807, 2.05) is 6.92 Å². The Morgan fingerprint density at radius 1 is 1.25 bits per heavy atom. The summed E-state index contributed by atoms with van der Waals surface area (Å²) in [5.74, 6) is -1.92. The number of ether oxygens (including phenoxy) is 2. The van der Waals surface area contributed by atoms with Gasteiger partial charge in [-0.15, -0.1) is 0 Å². The predicted molar refractivity (Wildman–Crippen MR) is 101 cm³/mol. The summed E-state index contributed by atoms with van der Waals surface area (Å²) in [4.78, 5) is 34.3. The number of rotatable bonds is 5. The van der Waals surface area contributed by atoms with E-state index in [0.717, 1.165) is 19.3 Å². The van der Waals surface area contributed by atoms with Gasteiger partial charge >= 0.3 is 17.9 Å². The van der Waals surface area contributed by atoms with Crippen LogP contribution >= 0.6 is 0 Å². The van der Waals surface area contributed by atoms with Crippen molar-refractivity contribution in [2.45, 2.75) is 76.6 Å². The average molecular weight is 394 g/mol. The zero-order valence-electron chi connectivity index (χ0n) is 16.3. The summed E-state index contributed by atoms with van der Waals surface area (Å²) in [6, 6.07) is 0. The summed E-state index contributed by atoms with van der Waals surface area (Å²) in [5, 5.41) is 19.2. The lowest BCUT2D eigenvalue weighted by molar-refractivity contribution is -0.149. The molecule has 0 saturated heterocycles. The fourth-order valence-electron chi connectivity index (χ4n) is 3.80. The summed E-state index contributed by atoms with van der Waals surface area (Å²) in [5.41, 5.74) is 0. The maximum absolute atomic E-state index is 11.9. The molecule has 1 aliphatic carbocycles. The van der Waals surface area contributed by atoms with Gasteiger partial charge in [0.2, 0.25) is 0 Å². The van der Waals surface area contributed by atoms with Crippen LogP contribution in [0.5, 0.6) is 0 Å². The molecule has 1 aliphatic heterocycles. The van der Waals surface area contributed by atoms with E-state index in [1.54, 1.807) is 0 Å². The number of aliphatic hydroxyl groups is 1. The summed E-state index contributed by atoms with van der Waals surface area (Å²) in [6.45, 7) is 1.86. The van der Waals surface area contributed by atoms with Gasteiger partial charge in [-0.3, -0.25) is 9.59 Å². The van der Waals surface area contributed by atoms with E-state index in [4.69, 9.17) is 14.6 Å². The van der Waals surface area contributed by atoms with Gasteiger partial charge in [0.1, 0.15) is 6.10 Å². The van der Waals surface area contributed by atoms with E-state index >= 15 is 0 Å². The Morgan fingerprint density at radius 3 is 2.79 bits per heavy atom. The van der Waals surface area contributed by atoms with Gasteiger partial charge in [0, 0.05) is 18.9 Å². The molecule has 0 bridgehead atoms. The molecule has 0 radical (unpaired) electrons. The van der Waals surface area contributed by atoms with Gasteiger partial charge in [0.25, 0.3) is 0 Å². The van der Waals surface area contributed by atoms with Crippen LogP contribution in [0.25, 0.3) is 0 Å². The highest BCUT2D eigenvalue weighted by Gasteiger charge is 2.38. The molecular formula is C21H30O7. The van der Waals surface area contributed by atoms with Crippen LogP contribution in [-0.2, 0) is 23.9 Å². The molecule has 0 aromatic rings. The number of carbonyl (C=O) groups is 3. The number of cyclic esters (lactones) is 1. The first-order valence-corrected chi connectivity index (χ1v) is 10.00. The Labute approximate surface area is 165 Å². The van der Waals surface area contributed by atoms with Crippen molar-refractivity contribution < 1.29 is 34.1 Å². The lowest BCUT2D eigenvalue weighted by Gasteiger charge is -2.19. The summed E-state index contributed by atoms with van der Waals surface area (Å²) in [6.07, 6.45) is 9.45. The number of hydrogen-bond donors (Lipinski definition) is 2. The highest BCUT2D eigenvalue weighted by atomic mass is 16.5. The van der Waals surface area contributed by atoms with E-state index in [-0.39, 0.29) is 43.3 Å². The van der Waals surface area contributed by atoms with Gasteiger partial charge in [-0.1, -0.05) is 12.2 Å². The van der Waals surface area contributed by atoms with Crippen molar-refractivity contribution in [1.82, 2.24) is 0 Å². The summed E-state index contributed by atoms with van der Waals surface area (Å²) < 4.78 is 10.8. The van der Waals surface area contributed by atoms with Crippen LogP contribution in [0.3, 0.4) is 0 Å². The standard InChI is InChI=1S/C21H30O7/c1-14-6-3-2-4-7-15-12-16(28-20(25)9-5-8-19(23)24)13-17(15)18(22)10-11-21(26)27-14/h4,7,10-11,14-18,22H,2-3,5-6,8-9,12-13H2,1H3,(H,23,24)/b7-4+,11-10+/t14-,15+,16-,17+,18+/m0/s1. The molecule has 1 fully saturated rings. The molecule has 5 atom stereocenters. The molecule has 7 heteroatoms. The number of aliphatic hydroxyl groups excluding tert-OH is 1. The molecule has 156 valence electrons. The molecule has 1 saturated carbocycles. The average Bonchev–Trinajstić information content (AvgIpc) is 3.01. The Kier molecular flexibility index (Phi) is 8.70. The summed E-state index contributed by atoms with van der Waals surface area (Å²) >= 11 is 0. The third kappa shape index (κ3) is 7.46. The van der Waals surface area contributed by atoms with Gasteiger partial charge in [-0.25, -0.2) is 4.79 Å². The number of carbonyl (C=O) groups excluding carboxylic acids is 2. The second-order valence-electron chi connectivity index (χ2n) is 7.61. The van der Waals surface area contributed by atoms with Crippen LogP contribution in [0.4, 0.5) is 0 Å². The molecule has 7 nitrogen and oxygen atoms in total. The largest absolute Gasteiger partial charge is 0.481 e. The lowest BCUT2D eigenvalue weighted by atomic mass is 9.90. The van der Waals surface area contributed by atoms with Crippen molar-refractivity contribution in [3.05, 3.63) is 24.3 Å². The highest BCUT2D eigenvalue weighted by molar-refractivity contribution is 5.82. The molecule has 0 spiro atoms. The third-order valence-electron chi connectivity index (χ3n) is 5.24. The van der Waals surface area contributed by atoms with E-state index in [2.05, 4.69) is 12.2 Å². The molecule has 2 rings (SSSR count). The molecular weight excluding hydrogens is 364 g/mol. The van der Waals surface area contributed by atoms with Crippen molar-refractivity contribution in [2.24, 2.45) is 11.8 Å². The number of allylic oxidation sites excluding steroid dienone is 2. The van der Waals surface area contributed by atoms with E-state index in [1.165, 1.54) is 12.2 Å². The molecule has 0 aromatic carbocycles. The SMILES string of the molecule is C[C@H]1CCC/C=C/[C@@H]2C[C@H](OC(=O)CCCC(=O)O)C[C@H]2[C@H](O)/C=C/C(=O)O1. The van der Waals surface area contributed by atoms with Crippen LogP contribution in [0, 0.1) is 11.8 Å². The first-order valence-electron chi connectivity index (χ1n) is 10.00. The van der Waals surface area contributed by atoms with Crippen molar-refractivity contribution in [3.63, 3.8) is 0 Å². The van der Waals surface area contributed by atoms with Crippen LogP contribution in [0.15, 0.2) is 24.3 Å². The maximum Gasteiger partial charge on any atom is 0.330 e. The number of hydrogen-bond acceptors (Lipinski definition) is 6. The molecule has 28 heavy (non-hydrogen) atoms. The Bertz CT molecular complexity index is 610. The van der Waals surface area contributed by atoms with Gasteiger partial charge in [0.15, 0.2) is 0 Å². The molecule has 0 amide bonds. The highest BCUT2D eigenvalue weighted by Crippen LogP contribution is 2.38. The minimum absolute atomic E-state index is 0.0469. The Balaban J connectivity index is 1.98. The molecule has 1 heterocycles. The van der Waals surface area contributed by atoms with Crippen molar-refractivity contribution in [2.75, 3.05) is 0 Å². The molecule has 2 aliphatic rings. The van der Waals surface area contributed by atoms with Crippen LogP contribution in [0.1, 0.15) is 58.3 Å². The molecule has 0 aromatic heterocycles. The van der Waals surface area contributed by atoms with Crippen molar-refractivity contribution in [1.29, 1.82) is 0 Å². The van der Waals surface area contributed by atoms with Crippen LogP contribution in [-0.4, -0.2) is 46.4 Å². The number of fused-ring (bicyclic) bond motifs is 1. The second kappa shape index (κ2) is 11.0. The first kappa shape index (κ1) is 22.1. The quantitative estimate of drug-likeness (QED) is 0.545. The van der Waals surface area contributed by atoms with Crippen molar-refractivity contribution in [3.8, 4) is 0 Å². The molecule has 0 unspecified atom stereocenters. The topological polar surface area (TPSA) is 110 Å². The second-order valence-corrected chi connectivity index (χ2v) is 7.61. The van der Waals surface area contributed by atoms with Crippen molar-refractivity contribution >= 4 is 17.9 Å². The third-order valence-corrected chi connectivity index (χ3v) is 5.24. The number of carboxylic acids is 1. The lowest BCUT2D eigenvalue weighted by Crippen LogP contribution is -2.22. The zero-order valence-corrected chi connectivity index (χ0v) is 16.3. The van der Waals surface area contributed by atoms with E-state index < -0.39 is 24.0 Å². The zero-order chi connectivity index (χ0) is 20.5. The maximum atomic E-state index is 11.9. The Morgan fingerprint density at radius 2 is 2.04 bits per heavy atom. The first-order chi connectivity index (χ1) is 13.3. The predicted octanol–water partition coefficient (Wildman–Crippen LogP) is 2.77. The minimum atomic E-state index is -0.935. The smallest absolute Gasteiger partial charge is 0.330 e. The fraction of sp³-hybridized carbons (Fsp3) is 0.667. The number of esters is 2. The van der Waals surface area contributed by atoms with Gasteiger partial charge in [-0.05, 0) is 63.4 Å². The fourth-order valence-corrected chi connectivity index (χ4v) is 3.80. The Hall–Kier alpha value is -2.15. The monoisotopic (exact) mass is 394 g/mol. The van der Waals surface area contributed by atoms with Gasteiger partial charge < -0.3 is 19.7 Å². The van der Waals surface area contributed by atoms with E-state index in [9.17, 15) is 19.5 Å². The van der Waals surface area contributed by atoms with Gasteiger partial charge in [0.05, 0.1) is 12.2 Å². The van der Waals surface area contributed by atoms with Crippen LogP contribution in [0.2, 0.25) is 0 Å². The van der Waals surface area contributed by atoms with E-state index in [0.29, 0.717) is 12.8 Å². The normalized spacial score (nSPS) is 33.4. The van der Waals surface area contributed by atoms with Gasteiger partial charge in [-0.2, -0.15) is 0 Å². The number of aliphatic carboxylic acids is 1. The summed E-state index contributed by atoms with van der Waals surface area (Å²) in [7, 11) is 0. The van der Waals surface area contributed by atoms with Crippen LogP contribution < -0.4 is 0 Å². The molecule has 2 N–H and O–H groups in total. The minimum Gasteiger partial charge on any atom is -0.481 e. The number of carboxylic acid groups (broad SMARTS) is 1.